The number of nitrogens with zero attached hydrogens (tertiary/aromatic N) is 4. The minimum Gasteiger partial charge on any atom is -0.257 e. The summed E-state index contributed by atoms with van der Waals surface area (Å²) >= 11 is 0. The molecule has 2 spiro atoms. The van der Waals surface area contributed by atoms with Crippen LogP contribution in [0.2, 0.25) is 0 Å². The van der Waals surface area contributed by atoms with Gasteiger partial charge in [0, 0.05) is 17.3 Å². The molecule has 0 bridgehead atoms. The molecule has 8 saturated carbocycles. The maximum Gasteiger partial charge on any atom is 0.119 e. The van der Waals surface area contributed by atoms with Gasteiger partial charge in [-0.25, -0.2) is 4.68 Å². The predicted octanol–water partition coefficient (Wildman–Crippen LogP) is 10.5. The van der Waals surface area contributed by atoms with Crippen molar-refractivity contribution in [3.8, 4) is 28.2 Å². The zero-order chi connectivity index (χ0) is 32.3. The molecular formula is C44H47N4P. The Morgan fingerprint density at radius 3 is 1.67 bits per heavy atom. The van der Waals surface area contributed by atoms with Gasteiger partial charge in [0.25, 0.3) is 0 Å². The summed E-state index contributed by atoms with van der Waals surface area (Å²) in [7, 11) is -0.245. The largest absolute Gasteiger partial charge is 0.257 e. The lowest BCUT2D eigenvalue weighted by Gasteiger charge is -2.98. The average molecular weight is 663 g/mol. The van der Waals surface area contributed by atoms with E-state index in [2.05, 4.69) is 121 Å². The monoisotopic (exact) mass is 662 g/mol. The molecule has 5 heteroatoms. The summed E-state index contributed by atoms with van der Waals surface area (Å²) in [5, 5.41) is 14.9. The van der Waals surface area contributed by atoms with Crippen LogP contribution in [0.25, 0.3) is 28.2 Å². The predicted molar refractivity (Wildman–Crippen MR) is 200 cm³/mol. The lowest BCUT2D eigenvalue weighted by molar-refractivity contribution is -0.375. The van der Waals surface area contributed by atoms with E-state index < -0.39 is 0 Å². The Morgan fingerprint density at radius 1 is 0.714 bits per heavy atom. The van der Waals surface area contributed by atoms with Crippen LogP contribution >= 0.6 is 7.92 Å². The molecule has 0 saturated heterocycles. The van der Waals surface area contributed by atoms with Crippen molar-refractivity contribution in [1.82, 2.24) is 9.78 Å². The Morgan fingerprint density at radius 2 is 1.20 bits per heavy atom. The van der Waals surface area contributed by atoms with E-state index >= 15 is 0 Å². The Balaban J connectivity index is 1.07. The van der Waals surface area contributed by atoms with E-state index in [1.165, 1.54) is 48.2 Å². The first-order chi connectivity index (χ1) is 24.0. The number of para-hydroxylation sites is 1. The quantitative estimate of drug-likeness (QED) is 0.0962. The van der Waals surface area contributed by atoms with Gasteiger partial charge in [-0.2, -0.15) is 10.2 Å². The molecule has 8 fully saturated rings. The SMILES string of the molecule is CC(C)/C=N\N(CP(C12CC3CC4CC(C1)C432)C12CC3CC4CC(C1)C432)c1c(-c2ccccc2)nn(-c2ccccc2)c1-c1ccccc1. The number of benzene rings is 3. The standard InChI is InChI=1S/C44H47N4P/c1-28(2)26-45-47(40-38(29-12-6-3-7-13-29)46-48(37-16-10-5-11-17-37)39(40)30-14-8-4-9-15-30)27-49(41-22-33-18-31-19-34(23-41)43(31,33)41)42-24-35-20-32-21-36(25-42)44(32,35)42/h3-17,26,28,31-36H,18-25,27H2,1-2H3/b45-26-. The van der Waals surface area contributed by atoms with E-state index in [9.17, 15) is 0 Å². The van der Waals surface area contributed by atoms with Gasteiger partial charge in [-0.15, -0.1) is 0 Å². The van der Waals surface area contributed by atoms with Gasteiger partial charge in [-0.3, -0.25) is 5.01 Å². The van der Waals surface area contributed by atoms with Gasteiger partial charge in [0.2, 0.25) is 0 Å². The second-order valence-corrected chi connectivity index (χ2v) is 20.7. The molecule has 0 amide bonds. The molecule has 3 aromatic carbocycles. The van der Waals surface area contributed by atoms with Gasteiger partial charge in [-0.05, 0) is 126 Å². The molecule has 1 heterocycles. The van der Waals surface area contributed by atoms with Crippen molar-refractivity contribution >= 4 is 19.8 Å². The van der Waals surface area contributed by atoms with Gasteiger partial charge in [0.05, 0.1) is 12.0 Å². The molecule has 4 unspecified atom stereocenters. The van der Waals surface area contributed by atoms with Crippen molar-refractivity contribution in [2.75, 3.05) is 11.3 Å². The molecule has 4 aromatic rings. The van der Waals surface area contributed by atoms with E-state index in [0.717, 1.165) is 64.0 Å². The van der Waals surface area contributed by atoms with Crippen molar-refractivity contribution in [3.63, 3.8) is 0 Å². The van der Waals surface area contributed by atoms with Crippen molar-refractivity contribution in [3.05, 3.63) is 91.0 Å². The first-order valence-electron chi connectivity index (χ1n) is 19.4. The highest BCUT2D eigenvalue weighted by Crippen LogP contribution is 3.04. The summed E-state index contributed by atoms with van der Waals surface area (Å²) in [6, 6.07) is 32.8. The first kappa shape index (κ1) is 28.5. The third-order valence-corrected chi connectivity index (χ3v) is 20.4. The fraction of sp³-hybridized carbons (Fsp3) is 0.500. The van der Waals surface area contributed by atoms with E-state index in [1.807, 2.05) is 0 Å². The molecule has 1 aromatic heterocycles. The number of hydrogen-bond acceptors (Lipinski definition) is 3. The number of anilines is 1. The fourth-order valence-corrected chi connectivity index (χ4v) is 20.5. The molecular weight excluding hydrogens is 615 g/mol. The molecule has 4 atom stereocenters. The molecule has 49 heavy (non-hydrogen) atoms. The maximum absolute atomic E-state index is 5.61. The van der Waals surface area contributed by atoms with Gasteiger partial charge in [0.1, 0.15) is 17.1 Å². The van der Waals surface area contributed by atoms with Crippen LogP contribution in [0, 0.1) is 52.3 Å². The topological polar surface area (TPSA) is 33.4 Å². The van der Waals surface area contributed by atoms with Crippen LogP contribution in [-0.4, -0.2) is 32.6 Å². The van der Waals surface area contributed by atoms with Crippen LogP contribution < -0.4 is 5.01 Å². The van der Waals surface area contributed by atoms with Crippen molar-refractivity contribution in [2.45, 2.75) is 75.5 Å². The minimum atomic E-state index is -0.245. The average Bonchev–Trinajstić information content (AvgIpc) is 3.45. The van der Waals surface area contributed by atoms with E-state index in [-0.39, 0.29) is 7.92 Å². The maximum atomic E-state index is 5.61. The molecule has 8 aliphatic carbocycles. The Hall–Kier alpha value is -3.23. The van der Waals surface area contributed by atoms with Crippen LogP contribution in [0.1, 0.15) is 65.2 Å². The first-order valence-corrected chi connectivity index (χ1v) is 20.9. The number of rotatable bonds is 10. The Bertz CT molecular complexity index is 1910. The van der Waals surface area contributed by atoms with Crippen molar-refractivity contribution in [1.29, 1.82) is 0 Å². The smallest absolute Gasteiger partial charge is 0.119 e. The van der Waals surface area contributed by atoms with Crippen LogP contribution in [0.4, 0.5) is 5.69 Å². The molecule has 12 rings (SSSR count). The molecule has 0 radical (unpaired) electrons. The second kappa shape index (κ2) is 9.35. The lowest BCUT2D eigenvalue weighted by atomic mass is 9.17. The number of aromatic nitrogens is 2. The molecule has 0 N–H and O–H groups in total. The Kier molecular flexibility index (Phi) is 5.43. The second-order valence-electron chi connectivity index (χ2n) is 17.9. The summed E-state index contributed by atoms with van der Waals surface area (Å²) in [6.45, 7) is 4.56. The number of hydrogen-bond donors (Lipinski definition) is 0. The Labute approximate surface area is 292 Å². The normalized spacial score (nSPS) is 41.0. The van der Waals surface area contributed by atoms with E-state index in [0.29, 0.717) is 16.2 Å². The highest BCUT2D eigenvalue weighted by atomic mass is 31.1. The minimum absolute atomic E-state index is 0.245. The fourth-order valence-electron chi connectivity index (χ4n) is 14.9. The van der Waals surface area contributed by atoms with Gasteiger partial charge in [0.15, 0.2) is 0 Å². The summed E-state index contributed by atoms with van der Waals surface area (Å²) < 4.78 is 2.22. The summed E-state index contributed by atoms with van der Waals surface area (Å²) in [6.07, 6.45) is 15.6. The van der Waals surface area contributed by atoms with Crippen molar-refractivity contribution in [2.24, 2.45) is 57.4 Å². The summed E-state index contributed by atoms with van der Waals surface area (Å²) in [5.41, 5.74) is 8.35. The molecule has 8 aliphatic rings. The van der Waals surface area contributed by atoms with Gasteiger partial charge >= 0.3 is 0 Å². The van der Waals surface area contributed by atoms with Gasteiger partial charge in [-0.1, -0.05) is 101 Å². The van der Waals surface area contributed by atoms with E-state index in [4.69, 9.17) is 10.2 Å². The highest BCUT2D eigenvalue weighted by Gasteiger charge is 2.95. The highest BCUT2D eigenvalue weighted by molar-refractivity contribution is 7.61. The zero-order valence-electron chi connectivity index (χ0n) is 28.9. The van der Waals surface area contributed by atoms with Crippen molar-refractivity contribution < 1.29 is 0 Å². The third kappa shape index (κ3) is 3.05. The van der Waals surface area contributed by atoms with Crippen LogP contribution in [0.5, 0.6) is 0 Å². The zero-order valence-corrected chi connectivity index (χ0v) is 29.8. The van der Waals surface area contributed by atoms with Crippen LogP contribution in [-0.2, 0) is 0 Å². The lowest BCUT2D eigenvalue weighted by Crippen LogP contribution is -2.93. The van der Waals surface area contributed by atoms with Gasteiger partial charge < -0.3 is 0 Å². The van der Waals surface area contributed by atoms with Crippen LogP contribution in [0.15, 0.2) is 96.1 Å². The summed E-state index contributed by atoms with van der Waals surface area (Å²) in [4.78, 5) is 0. The van der Waals surface area contributed by atoms with E-state index in [1.54, 1.807) is 25.7 Å². The number of hydrazone groups is 1. The van der Waals surface area contributed by atoms with Crippen LogP contribution in [0.3, 0.4) is 0 Å². The molecule has 248 valence electrons. The molecule has 4 nitrogen and oxygen atoms in total. The third-order valence-electron chi connectivity index (χ3n) is 16.3. The summed E-state index contributed by atoms with van der Waals surface area (Å²) in [5.74, 6) is 6.64. The molecule has 0 aliphatic heterocycles.